The number of ether oxygens (including phenoxy) is 1. The average molecular weight is 364 g/mol. The van der Waals surface area contributed by atoms with Crippen molar-refractivity contribution in [2.24, 2.45) is 0 Å². The Balaban J connectivity index is 1.71. The van der Waals surface area contributed by atoms with Crippen LogP contribution in [-0.2, 0) is 4.79 Å². The minimum Gasteiger partial charge on any atom is -0.494 e. The molecule has 2 fully saturated rings. The van der Waals surface area contributed by atoms with E-state index in [9.17, 15) is 9.59 Å². The summed E-state index contributed by atoms with van der Waals surface area (Å²) >= 11 is 0. The van der Waals surface area contributed by atoms with Crippen molar-refractivity contribution in [3.8, 4) is 5.75 Å². The van der Waals surface area contributed by atoms with E-state index in [1.165, 1.54) is 0 Å². The maximum atomic E-state index is 12.5. The highest BCUT2D eigenvalue weighted by Gasteiger charge is 2.26. The molecule has 2 heterocycles. The molecular weight excluding hydrogens is 340 g/mol. The molecular formula is C22H24N2O3. The van der Waals surface area contributed by atoms with Crippen molar-refractivity contribution in [3.63, 3.8) is 0 Å². The first kappa shape index (κ1) is 17.6. The Morgan fingerprint density at radius 2 is 1.89 bits per heavy atom. The van der Waals surface area contributed by atoms with Crippen LogP contribution in [0.4, 0.5) is 0 Å². The molecule has 1 aromatic carbocycles. The standard InChI is InChI=1S/C22H24N2O3/c1-2-27-17-8-5-15(6-9-17)19(13-16-7-12-21(25)23-16)20-11-10-18(14-3-4-14)22(26)24-20/h5-6,8-11,13-14,16H,2-4,7,12H2,1H3,(H,23,25)(H,24,26)/b19-13+/t16-/m1/s1. The van der Waals surface area contributed by atoms with Crippen molar-refractivity contribution in [2.45, 2.75) is 44.6 Å². The summed E-state index contributed by atoms with van der Waals surface area (Å²) < 4.78 is 5.53. The van der Waals surface area contributed by atoms with Crippen LogP contribution < -0.4 is 15.6 Å². The van der Waals surface area contributed by atoms with Crippen LogP contribution in [-0.4, -0.2) is 23.5 Å². The molecule has 1 saturated heterocycles. The molecule has 2 aromatic rings. The lowest BCUT2D eigenvalue weighted by Crippen LogP contribution is -2.23. The number of benzene rings is 1. The van der Waals surface area contributed by atoms with Crippen molar-refractivity contribution < 1.29 is 9.53 Å². The lowest BCUT2D eigenvalue weighted by atomic mass is 9.98. The highest BCUT2D eigenvalue weighted by Crippen LogP contribution is 2.38. The molecule has 1 aliphatic carbocycles. The topological polar surface area (TPSA) is 71.2 Å². The zero-order valence-electron chi connectivity index (χ0n) is 15.5. The smallest absolute Gasteiger partial charge is 0.251 e. The Hall–Kier alpha value is -2.82. The predicted octanol–water partition coefficient (Wildman–Crippen LogP) is 3.36. The first-order valence-corrected chi connectivity index (χ1v) is 9.62. The zero-order chi connectivity index (χ0) is 18.8. The van der Waals surface area contributed by atoms with E-state index in [-0.39, 0.29) is 17.5 Å². The molecule has 5 nitrogen and oxygen atoms in total. The number of amides is 1. The van der Waals surface area contributed by atoms with Gasteiger partial charge in [-0.1, -0.05) is 24.3 Å². The number of rotatable bonds is 6. The third-order valence-electron chi connectivity index (χ3n) is 5.12. The summed E-state index contributed by atoms with van der Waals surface area (Å²) in [6.45, 7) is 2.57. The highest BCUT2D eigenvalue weighted by atomic mass is 16.5. The molecule has 0 spiro atoms. The maximum Gasteiger partial charge on any atom is 0.251 e. The number of H-pyrrole nitrogens is 1. The van der Waals surface area contributed by atoms with E-state index in [1.54, 1.807) is 0 Å². The van der Waals surface area contributed by atoms with E-state index < -0.39 is 0 Å². The minimum absolute atomic E-state index is 0.0118. The molecule has 1 aromatic heterocycles. The summed E-state index contributed by atoms with van der Waals surface area (Å²) in [6, 6.07) is 11.7. The molecule has 2 N–H and O–H groups in total. The Kier molecular flexibility index (Phi) is 4.84. The fraction of sp³-hybridized carbons (Fsp3) is 0.364. The number of carbonyl (C=O) groups excluding carboxylic acids is 1. The van der Waals surface area contributed by atoms with Gasteiger partial charge in [-0.05, 0) is 55.9 Å². The van der Waals surface area contributed by atoms with E-state index in [2.05, 4.69) is 10.3 Å². The molecule has 1 amide bonds. The number of aromatic nitrogens is 1. The SMILES string of the molecule is CCOc1ccc(/C(=C\[C@H]2CCC(=O)N2)c2ccc(C3CC3)c(=O)[nH]2)cc1. The number of nitrogens with one attached hydrogen (secondary N) is 2. The molecule has 27 heavy (non-hydrogen) atoms. The van der Waals surface area contributed by atoms with Gasteiger partial charge in [-0.2, -0.15) is 0 Å². The third kappa shape index (κ3) is 3.97. The fourth-order valence-corrected chi connectivity index (χ4v) is 3.56. The number of hydrogen-bond donors (Lipinski definition) is 2. The number of aromatic amines is 1. The molecule has 1 atom stereocenters. The highest BCUT2D eigenvalue weighted by molar-refractivity contribution is 5.82. The van der Waals surface area contributed by atoms with Crippen molar-refractivity contribution in [3.05, 3.63) is 69.6 Å². The summed E-state index contributed by atoms with van der Waals surface area (Å²) in [4.78, 5) is 27.2. The molecule has 0 unspecified atom stereocenters. The molecule has 5 heteroatoms. The lowest BCUT2D eigenvalue weighted by molar-refractivity contribution is -0.119. The van der Waals surface area contributed by atoms with Gasteiger partial charge in [0.15, 0.2) is 0 Å². The van der Waals surface area contributed by atoms with Gasteiger partial charge in [0, 0.05) is 29.3 Å². The van der Waals surface area contributed by atoms with E-state index in [4.69, 9.17) is 4.74 Å². The Morgan fingerprint density at radius 3 is 2.48 bits per heavy atom. The lowest BCUT2D eigenvalue weighted by Gasteiger charge is -2.13. The zero-order valence-corrected chi connectivity index (χ0v) is 15.5. The number of pyridine rings is 1. The average Bonchev–Trinajstić information content (AvgIpc) is 3.42. The largest absolute Gasteiger partial charge is 0.494 e. The summed E-state index contributed by atoms with van der Waals surface area (Å²) in [5, 5.41) is 2.98. The summed E-state index contributed by atoms with van der Waals surface area (Å²) in [6.07, 6.45) is 5.54. The van der Waals surface area contributed by atoms with Crippen LogP contribution in [0.2, 0.25) is 0 Å². The second-order valence-corrected chi connectivity index (χ2v) is 7.18. The molecule has 0 bridgehead atoms. The van der Waals surface area contributed by atoms with Gasteiger partial charge in [0.1, 0.15) is 5.75 Å². The Bertz CT molecular complexity index is 923. The van der Waals surface area contributed by atoms with E-state index in [0.717, 1.165) is 47.4 Å². The predicted molar refractivity (Wildman–Crippen MR) is 105 cm³/mol. The van der Waals surface area contributed by atoms with Crippen molar-refractivity contribution in [2.75, 3.05) is 6.61 Å². The first-order valence-electron chi connectivity index (χ1n) is 9.62. The van der Waals surface area contributed by atoms with Gasteiger partial charge in [-0.3, -0.25) is 9.59 Å². The van der Waals surface area contributed by atoms with Gasteiger partial charge >= 0.3 is 0 Å². The van der Waals surface area contributed by atoms with E-state index >= 15 is 0 Å². The quantitative estimate of drug-likeness (QED) is 0.826. The van der Waals surface area contributed by atoms with Crippen LogP contribution in [0.1, 0.15) is 55.3 Å². The molecule has 2 aliphatic rings. The Morgan fingerprint density at radius 1 is 1.11 bits per heavy atom. The van der Waals surface area contributed by atoms with Crippen molar-refractivity contribution >= 4 is 11.5 Å². The van der Waals surface area contributed by atoms with Crippen molar-refractivity contribution in [1.29, 1.82) is 0 Å². The van der Waals surface area contributed by atoms with Gasteiger partial charge in [0.25, 0.3) is 5.56 Å². The van der Waals surface area contributed by atoms with Gasteiger partial charge in [-0.15, -0.1) is 0 Å². The van der Waals surface area contributed by atoms with Crippen LogP contribution in [0.25, 0.3) is 5.57 Å². The summed E-state index contributed by atoms with van der Waals surface area (Å²) in [5.74, 6) is 1.29. The number of hydrogen-bond acceptors (Lipinski definition) is 3. The van der Waals surface area contributed by atoms with E-state index in [0.29, 0.717) is 18.9 Å². The minimum atomic E-state index is -0.0225. The molecule has 1 saturated carbocycles. The summed E-state index contributed by atoms with van der Waals surface area (Å²) in [7, 11) is 0. The second kappa shape index (κ2) is 7.43. The molecule has 0 radical (unpaired) electrons. The third-order valence-corrected chi connectivity index (χ3v) is 5.12. The second-order valence-electron chi connectivity index (χ2n) is 7.18. The van der Waals surface area contributed by atoms with Crippen LogP contribution in [0.5, 0.6) is 5.75 Å². The molecule has 140 valence electrons. The molecule has 1 aliphatic heterocycles. The van der Waals surface area contributed by atoms with Crippen LogP contribution in [0.15, 0.2) is 47.3 Å². The first-order chi connectivity index (χ1) is 13.1. The van der Waals surface area contributed by atoms with Crippen LogP contribution >= 0.6 is 0 Å². The van der Waals surface area contributed by atoms with Crippen LogP contribution in [0, 0.1) is 0 Å². The van der Waals surface area contributed by atoms with Gasteiger partial charge in [-0.25, -0.2) is 0 Å². The monoisotopic (exact) mass is 364 g/mol. The maximum absolute atomic E-state index is 12.5. The molecule has 4 rings (SSSR count). The van der Waals surface area contributed by atoms with E-state index in [1.807, 2.05) is 49.4 Å². The normalized spacial score (nSPS) is 19.8. The number of carbonyl (C=O) groups is 1. The fourth-order valence-electron chi connectivity index (χ4n) is 3.56. The van der Waals surface area contributed by atoms with Crippen molar-refractivity contribution in [1.82, 2.24) is 10.3 Å². The van der Waals surface area contributed by atoms with Crippen LogP contribution in [0.3, 0.4) is 0 Å². The Labute approximate surface area is 158 Å². The van der Waals surface area contributed by atoms with Gasteiger partial charge in [0.05, 0.1) is 6.61 Å². The van der Waals surface area contributed by atoms with Gasteiger partial charge in [0.2, 0.25) is 5.91 Å². The summed E-state index contributed by atoms with van der Waals surface area (Å²) in [5.41, 5.74) is 3.54. The van der Waals surface area contributed by atoms with Gasteiger partial charge < -0.3 is 15.0 Å².